The van der Waals surface area contributed by atoms with Gasteiger partial charge in [-0.3, -0.25) is 4.98 Å². The van der Waals surface area contributed by atoms with Crippen molar-refractivity contribution in [3.8, 4) is 6.07 Å². The Morgan fingerprint density at radius 3 is 2.41 bits per heavy atom. The number of nitriles is 1. The third kappa shape index (κ3) is 3.63. The Morgan fingerprint density at radius 2 is 1.85 bits per heavy atom. The minimum absolute atomic E-state index is 0.00731. The maximum Gasteiger partial charge on any atom is 0.106 e. The molecule has 3 rings (SSSR count). The van der Waals surface area contributed by atoms with Gasteiger partial charge in [0.25, 0.3) is 0 Å². The second-order valence-electron chi connectivity index (χ2n) is 8.75. The van der Waals surface area contributed by atoms with E-state index in [-0.39, 0.29) is 11.3 Å². The van der Waals surface area contributed by atoms with Crippen molar-refractivity contribution in [2.45, 2.75) is 65.6 Å². The third-order valence-corrected chi connectivity index (χ3v) is 5.55. The lowest BCUT2D eigenvalue weighted by Crippen LogP contribution is -2.29. The maximum atomic E-state index is 11.2. The minimum atomic E-state index is -0.838. The molecular formula is C23H28N2O2. The molecule has 1 aromatic heterocycles. The number of aliphatic hydroxyl groups excluding tert-OH is 2. The first kappa shape index (κ1) is 19.5. The summed E-state index contributed by atoms with van der Waals surface area (Å²) in [4.78, 5) is 4.93. The molecule has 0 radical (unpaired) electrons. The molecule has 1 heterocycles. The minimum Gasteiger partial charge on any atom is -0.388 e. The van der Waals surface area contributed by atoms with Gasteiger partial charge in [0.05, 0.1) is 17.7 Å². The normalized spacial score (nSPS) is 19.4. The summed E-state index contributed by atoms with van der Waals surface area (Å²) >= 11 is 0. The Hall–Kier alpha value is -2.22. The zero-order chi connectivity index (χ0) is 19.9. The van der Waals surface area contributed by atoms with Crippen LogP contribution in [-0.4, -0.2) is 15.2 Å². The van der Waals surface area contributed by atoms with Crippen LogP contribution in [0.4, 0.5) is 0 Å². The molecule has 1 aliphatic rings. The molecule has 142 valence electrons. The van der Waals surface area contributed by atoms with Crippen molar-refractivity contribution in [3.63, 3.8) is 0 Å². The lowest BCUT2D eigenvalue weighted by Gasteiger charge is -2.36. The second-order valence-corrected chi connectivity index (χ2v) is 8.75. The average molecular weight is 364 g/mol. The Balaban J connectivity index is 2.17. The summed E-state index contributed by atoms with van der Waals surface area (Å²) in [5, 5.41) is 30.9. The summed E-state index contributed by atoms with van der Waals surface area (Å²) in [5.41, 5.74) is 5.73. The number of aliphatic hydroxyl groups is 2. The van der Waals surface area contributed by atoms with Crippen molar-refractivity contribution in [2.24, 2.45) is 5.41 Å². The summed E-state index contributed by atoms with van der Waals surface area (Å²) in [6, 6.07) is 9.10. The fourth-order valence-corrected chi connectivity index (χ4v) is 4.24. The summed E-state index contributed by atoms with van der Waals surface area (Å²) in [7, 11) is 0. The van der Waals surface area contributed by atoms with E-state index < -0.39 is 12.2 Å². The number of hydrogen-bond donors (Lipinski definition) is 2. The van der Waals surface area contributed by atoms with Crippen LogP contribution in [-0.2, 0) is 6.42 Å². The molecule has 1 unspecified atom stereocenters. The van der Waals surface area contributed by atoms with Crippen LogP contribution >= 0.6 is 0 Å². The van der Waals surface area contributed by atoms with Gasteiger partial charge in [0, 0.05) is 22.5 Å². The van der Waals surface area contributed by atoms with Gasteiger partial charge in [-0.15, -0.1) is 0 Å². The molecule has 0 bridgehead atoms. The molecule has 0 saturated heterocycles. The van der Waals surface area contributed by atoms with Gasteiger partial charge in [-0.05, 0) is 54.4 Å². The Morgan fingerprint density at radius 1 is 1.22 bits per heavy atom. The van der Waals surface area contributed by atoms with Crippen LogP contribution in [0, 0.1) is 23.7 Å². The highest BCUT2D eigenvalue weighted by molar-refractivity contribution is 5.48. The van der Waals surface area contributed by atoms with Crippen molar-refractivity contribution < 1.29 is 10.2 Å². The highest BCUT2D eigenvalue weighted by Gasteiger charge is 2.36. The van der Waals surface area contributed by atoms with Crippen LogP contribution in [0.2, 0.25) is 0 Å². The van der Waals surface area contributed by atoms with E-state index in [1.54, 1.807) is 24.3 Å². The van der Waals surface area contributed by atoms with E-state index in [1.165, 1.54) is 0 Å². The van der Waals surface area contributed by atoms with Crippen LogP contribution in [0.3, 0.4) is 0 Å². The van der Waals surface area contributed by atoms with Crippen molar-refractivity contribution in [1.82, 2.24) is 4.98 Å². The van der Waals surface area contributed by atoms with E-state index in [1.807, 2.05) is 6.92 Å². The van der Waals surface area contributed by atoms with Crippen LogP contribution in [0.1, 0.15) is 91.4 Å². The highest BCUT2D eigenvalue weighted by Crippen LogP contribution is 2.44. The number of benzene rings is 1. The van der Waals surface area contributed by atoms with Crippen molar-refractivity contribution >= 4 is 0 Å². The van der Waals surface area contributed by atoms with Crippen molar-refractivity contribution in [2.75, 3.05) is 0 Å². The highest BCUT2D eigenvalue weighted by atomic mass is 16.3. The summed E-state index contributed by atoms with van der Waals surface area (Å²) in [5.74, 6) is 0.152. The number of aromatic nitrogens is 1. The molecule has 2 N–H and O–H groups in total. The van der Waals surface area contributed by atoms with Crippen molar-refractivity contribution in [1.29, 1.82) is 5.26 Å². The SMILES string of the molecule is Cc1c2c(nc(C(C)C)c1[C@@H](O)c1ccc(C#N)cc1)CC(C)(C)CC2O. The quantitative estimate of drug-likeness (QED) is 0.842. The Kier molecular flexibility index (Phi) is 5.12. The molecule has 0 saturated carbocycles. The molecule has 4 nitrogen and oxygen atoms in total. The fraction of sp³-hybridized carbons (Fsp3) is 0.478. The van der Waals surface area contributed by atoms with Gasteiger partial charge in [0.2, 0.25) is 0 Å². The molecular weight excluding hydrogens is 336 g/mol. The molecule has 0 fully saturated rings. The number of fused-ring (bicyclic) bond motifs is 1. The topological polar surface area (TPSA) is 77.1 Å². The molecule has 4 heteroatoms. The molecule has 0 aliphatic heterocycles. The molecule has 0 amide bonds. The number of hydrogen-bond acceptors (Lipinski definition) is 4. The van der Waals surface area contributed by atoms with E-state index >= 15 is 0 Å². The van der Waals surface area contributed by atoms with Gasteiger partial charge in [0.15, 0.2) is 0 Å². The molecule has 2 atom stereocenters. The predicted molar refractivity (Wildman–Crippen MR) is 105 cm³/mol. The third-order valence-electron chi connectivity index (χ3n) is 5.55. The van der Waals surface area contributed by atoms with Gasteiger partial charge < -0.3 is 10.2 Å². The van der Waals surface area contributed by atoms with Gasteiger partial charge in [-0.2, -0.15) is 5.26 Å². The number of nitrogens with zero attached hydrogens (tertiary/aromatic N) is 2. The zero-order valence-electron chi connectivity index (χ0n) is 16.7. The smallest absolute Gasteiger partial charge is 0.106 e. The van der Waals surface area contributed by atoms with E-state index in [9.17, 15) is 10.2 Å². The maximum absolute atomic E-state index is 11.2. The fourth-order valence-electron chi connectivity index (χ4n) is 4.24. The first-order valence-electron chi connectivity index (χ1n) is 9.54. The number of pyridine rings is 1. The summed E-state index contributed by atoms with van der Waals surface area (Å²) < 4.78 is 0. The molecule has 0 spiro atoms. The Bertz CT molecular complexity index is 892. The Labute approximate surface area is 161 Å². The van der Waals surface area contributed by atoms with Crippen LogP contribution in [0.25, 0.3) is 0 Å². The van der Waals surface area contributed by atoms with E-state index in [0.29, 0.717) is 12.0 Å². The largest absolute Gasteiger partial charge is 0.388 e. The molecule has 2 aromatic rings. The van der Waals surface area contributed by atoms with Crippen LogP contribution in [0.15, 0.2) is 24.3 Å². The lowest BCUT2D eigenvalue weighted by molar-refractivity contribution is 0.0968. The van der Waals surface area contributed by atoms with Crippen LogP contribution < -0.4 is 0 Å². The predicted octanol–water partition coefficient (Wildman–Crippen LogP) is 4.47. The van der Waals surface area contributed by atoms with E-state index in [2.05, 4.69) is 33.8 Å². The zero-order valence-corrected chi connectivity index (χ0v) is 16.7. The van der Waals surface area contributed by atoms with Crippen molar-refractivity contribution in [3.05, 3.63) is 63.5 Å². The van der Waals surface area contributed by atoms with Crippen LogP contribution in [0.5, 0.6) is 0 Å². The molecule has 1 aliphatic carbocycles. The standard InChI is InChI=1S/C23H28N2O2/c1-13(2)21-20(22(27)16-8-6-15(12-24)7-9-16)14(3)19-17(25-21)10-23(4,5)11-18(19)26/h6-9,13,18,22,26-27H,10-11H2,1-5H3/t18?,22-/m0/s1. The van der Waals surface area contributed by atoms with E-state index in [0.717, 1.165) is 40.1 Å². The average Bonchev–Trinajstić information content (AvgIpc) is 2.59. The van der Waals surface area contributed by atoms with Gasteiger partial charge in [-0.25, -0.2) is 0 Å². The molecule has 1 aromatic carbocycles. The molecule has 27 heavy (non-hydrogen) atoms. The first-order valence-corrected chi connectivity index (χ1v) is 9.54. The first-order chi connectivity index (χ1) is 12.6. The monoisotopic (exact) mass is 364 g/mol. The number of rotatable bonds is 3. The second kappa shape index (κ2) is 7.07. The van der Waals surface area contributed by atoms with E-state index in [4.69, 9.17) is 10.2 Å². The summed E-state index contributed by atoms with van der Waals surface area (Å²) in [6.07, 6.45) is 0.114. The summed E-state index contributed by atoms with van der Waals surface area (Å²) in [6.45, 7) is 10.5. The van der Waals surface area contributed by atoms with Gasteiger partial charge >= 0.3 is 0 Å². The lowest BCUT2D eigenvalue weighted by atomic mass is 9.72. The van der Waals surface area contributed by atoms with Gasteiger partial charge in [0.1, 0.15) is 6.10 Å². The van der Waals surface area contributed by atoms with Gasteiger partial charge in [-0.1, -0.05) is 39.8 Å².